The predicted molar refractivity (Wildman–Crippen MR) is 131 cm³/mol. The smallest absolute Gasteiger partial charge is 0.337 e. The molecule has 33 heavy (non-hydrogen) atoms. The summed E-state index contributed by atoms with van der Waals surface area (Å²) in [6.45, 7) is 4.96. The summed E-state index contributed by atoms with van der Waals surface area (Å²) >= 11 is 6.08. The number of aromatic carboxylic acids is 1. The minimum atomic E-state index is -3.91. The molecule has 2 aromatic rings. The van der Waals surface area contributed by atoms with Gasteiger partial charge in [-0.05, 0) is 55.7 Å². The Bertz CT molecular complexity index is 1120. The summed E-state index contributed by atoms with van der Waals surface area (Å²) < 4.78 is 28.3. The molecule has 1 heterocycles. The third kappa shape index (κ3) is 5.28. The standard InChI is InChI=1S/C24H30ClN3O4S/c1-17-21(25)8-5-9-23(17)33(31,32)26-18-10-11-22(20(16-18)24(29)30)28-14-12-27(13-15-28)19-6-3-2-4-7-19/h5,8-11,16,19,26H,2-4,6-7,12-15H2,1H3,(H,29,30). The summed E-state index contributed by atoms with van der Waals surface area (Å²) in [5.74, 6) is -1.08. The SMILES string of the molecule is Cc1c(Cl)cccc1S(=O)(=O)Nc1ccc(N2CCN(C3CCCCC3)CC2)c(C(=O)O)c1. The van der Waals surface area contributed by atoms with E-state index in [0.717, 1.165) is 26.2 Å². The minimum Gasteiger partial charge on any atom is -0.478 e. The summed E-state index contributed by atoms with van der Waals surface area (Å²) in [7, 11) is -3.91. The topological polar surface area (TPSA) is 90.0 Å². The number of sulfonamides is 1. The fourth-order valence-corrected chi connectivity index (χ4v) is 6.46. The van der Waals surface area contributed by atoms with Gasteiger partial charge in [-0.3, -0.25) is 9.62 Å². The lowest BCUT2D eigenvalue weighted by molar-refractivity contribution is 0.0697. The zero-order valence-corrected chi connectivity index (χ0v) is 20.3. The van der Waals surface area contributed by atoms with Crippen LogP contribution in [0.1, 0.15) is 48.0 Å². The molecule has 1 saturated carbocycles. The molecule has 1 aliphatic heterocycles. The quantitative estimate of drug-likeness (QED) is 0.613. The maximum Gasteiger partial charge on any atom is 0.337 e. The van der Waals surface area contributed by atoms with Gasteiger partial charge in [0.2, 0.25) is 0 Å². The molecule has 2 fully saturated rings. The summed E-state index contributed by atoms with van der Waals surface area (Å²) in [5.41, 5.74) is 1.35. The first kappa shape index (κ1) is 23.9. The third-order valence-corrected chi connectivity index (χ3v) is 8.67. The number of benzene rings is 2. The molecule has 0 atom stereocenters. The lowest BCUT2D eigenvalue weighted by atomic mass is 9.94. The Morgan fingerprint density at radius 2 is 1.76 bits per heavy atom. The summed E-state index contributed by atoms with van der Waals surface area (Å²) in [4.78, 5) is 16.7. The Balaban J connectivity index is 1.51. The molecule has 0 amide bonds. The molecule has 0 radical (unpaired) electrons. The second kappa shape index (κ2) is 9.91. The van der Waals surface area contributed by atoms with E-state index in [-0.39, 0.29) is 16.1 Å². The van der Waals surface area contributed by atoms with E-state index in [9.17, 15) is 18.3 Å². The van der Waals surface area contributed by atoms with Crippen LogP contribution < -0.4 is 9.62 Å². The van der Waals surface area contributed by atoms with Crippen molar-refractivity contribution >= 4 is 39.0 Å². The van der Waals surface area contributed by atoms with Gasteiger partial charge in [-0.25, -0.2) is 13.2 Å². The van der Waals surface area contributed by atoms with Gasteiger partial charge in [0.1, 0.15) is 0 Å². The predicted octanol–water partition coefficient (Wildman–Crippen LogP) is 4.60. The van der Waals surface area contributed by atoms with E-state index in [1.54, 1.807) is 31.2 Å². The van der Waals surface area contributed by atoms with E-state index in [0.29, 0.717) is 22.3 Å². The zero-order valence-electron chi connectivity index (χ0n) is 18.8. The van der Waals surface area contributed by atoms with Gasteiger partial charge < -0.3 is 10.0 Å². The van der Waals surface area contributed by atoms with Crippen LogP contribution in [0.2, 0.25) is 5.02 Å². The fourth-order valence-electron chi connectivity index (χ4n) is 4.91. The Hall–Kier alpha value is -2.29. The van der Waals surface area contributed by atoms with Gasteiger partial charge in [0.15, 0.2) is 0 Å². The average Bonchev–Trinajstić information content (AvgIpc) is 2.81. The molecule has 0 bridgehead atoms. The van der Waals surface area contributed by atoms with Crippen LogP contribution in [0.25, 0.3) is 0 Å². The van der Waals surface area contributed by atoms with Crippen LogP contribution in [0.15, 0.2) is 41.3 Å². The number of nitrogens with zero attached hydrogens (tertiary/aromatic N) is 2. The average molecular weight is 492 g/mol. The zero-order chi connectivity index (χ0) is 23.6. The van der Waals surface area contributed by atoms with Crippen molar-refractivity contribution in [3.05, 3.63) is 52.5 Å². The molecule has 7 nitrogen and oxygen atoms in total. The van der Waals surface area contributed by atoms with E-state index in [2.05, 4.69) is 14.5 Å². The van der Waals surface area contributed by atoms with Crippen molar-refractivity contribution < 1.29 is 18.3 Å². The first-order chi connectivity index (χ1) is 15.8. The summed E-state index contributed by atoms with van der Waals surface area (Å²) in [5, 5.41) is 10.2. The van der Waals surface area contributed by atoms with Crippen LogP contribution in [0.3, 0.4) is 0 Å². The maximum atomic E-state index is 12.9. The highest BCUT2D eigenvalue weighted by atomic mass is 35.5. The van der Waals surface area contributed by atoms with Gasteiger partial charge in [-0.1, -0.05) is 36.9 Å². The molecule has 1 aliphatic carbocycles. The molecule has 2 N–H and O–H groups in total. The van der Waals surface area contributed by atoms with Gasteiger partial charge in [0.05, 0.1) is 16.1 Å². The number of anilines is 2. The lowest BCUT2D eigenvalue weighted by Crippen LogP contribution is -2.51. The number of nitrogens with one attached hydrogen (secondary N) is 1. The Morgan fingerprint density at radius 3 is 2.42 bits per heavy atom. The first-order valence-corrected chi connectivity index (χ1v) is 13.3. The highest BCUT2D eigenvalue weighted by molar-refractivity contribution is 7.92. The highest BCUT2D eigenvalue weighted by Crippen LogP contribution is 2.30. The van der Waals surface area contributed by atoms with Crippen molar-refractivity contribution in [3.8, 4) is 0 Å². The molecule has 1 saturated heterocycles. The van der Waals surface area contributed by atoms with Crippen molar-refractivity contribution in [3.63, 3.8) is 0 Å². The normalized spacial score (nSPS) is 18.3. The molecule has 2 aromatic carbocycles. The second-order valence-corrected chi connectivity index (χ2v) is 10.9. The molecule has 2 aliphatic rings. The van der Waals surface area contributed by atoms with E-state index in [4.69, 9.17) is 11.6 Å². The van der Waals surface area contributed by atoms with Crippen molar-refractivity contribution in [2.45, 2.75) is 50.0 Å². The molecular formula is C24H30ClN3O4S. The molecule has 4 rings (SSSR count). The first-order valence-electron chi connectivity index (χ1n) is 11.4. The van der Waals surface area contributed by atoms with Crippen molar-refractivity contribution in [2.75, 3.05) is 35.8 Å². The highest BCUT2D eigenvalue weighted by Gasteiger charge is 2.27. The fraction of sp³-hybridized carbons (Fsp3) is 0.458. The summed E-state index contributed by atoms with van der Waals surface area (Å²) in [6, 6.07) is 10.0. The molecule has 0 aromatic heterocycles. The molecule has 0 unspecified atom stereocenters. The van der Waals surface area contributed by atoms with Crippen LogP contribution in [0, 0.1) is 6.92 Å². The third-order valence-electron chi connectivity index (χ3n) is 6.73. The van der Waals surface area contributed by atoms with Gasteiger partial charge in [0, 0.05) is 42.9 Å². The van der Waals surface area contributed by atoms with Crippen molar-refractivity contribution in [1.29, 1.82) is 0 Å². The summed E-state index contributed by atoms with van der Waals surface area (Å²) in [6.07, 6.45) is 6.41. The second-order valence-electron chi connectivity index (χ2n) is 8.82. The Labute approximate surface area is 200 Å². The van der Waals surface area contributed by atoms with E-state index in [1.807, 2.05) is 0 Å². The van der Waals surface area contributed by atoms with Crippen LogP contribution in [-0.4, -0.2) is 56.6 Å². The van der Waals surface area contributed by atoms with E-state index < -0.39 is 16.0 Å². The number of rotatable bonds is 6. The van der Waals surface area contributed by atoms with Crippen LogP contribution in [-0.2, 0) is 10.0 Å². The van der Waals surface area contributed by atoms with Gasteiger partial charge in [-0.15, -0.1) is 0 Å². The van der Waals surface area contributed by atoms with Gasteiger partial charge in [0.25, 0.3) is 10.0 Å². The lowest BCUT2D eigenvalue weighted by Gasteiger charge is -2.41. The van der Waals surface area contributed by atoms with Crippen LogP contribution in [0.5, 0.6) is 0 Å². The number of piperazine rings is 1. The minimum absolute atomic E-state index is 0.0646. The van der Waals surface area contributed by atoms with Gasteiger partial charge in [-0.2, -0.15) is 0 Å². The van der Waals surface area contributed by atoms with Gasteiger partial charge >= 0.3 is 5.97 Å². The number of hydrogen-bond donors (Lipinski definition) is 2. The number of carbonyl (C=O) groups is 1. The largest absolute Gasteiger partial charge is 0.478 e. The molecule has 9 heteroatoms. The molecule has 0 spiro atoms. The van der Waals surface area contributed by atoms with E-state index >= 15 is 0 Å². The number of hydrogen-bond acceptors (Lipinski definition) is 5. The number of halogens is 1. The van der Waals surface area contributed by atoms with Crippen LogP contribution >= 0.6 is 11.6 Å². The molecular weight excluding hydrogens is 462 g/mol. The Kier molecular flexibility index (Phi) is 7.16. The number of carboxylic acids is 1. The van der Waals surface area contributed by atoms with Crippen molar-refractivity contribution in [1.82, 2.24) is 4.90 Å². The molecule has 178 valence electrons. The maximum absolute atomic E-state index is 12.9. The Morgan fingerprint density at radius 1 is 1.06 bits per heavy atom. The monoisotopic (exact) mass is 491 g/mol. The van der Waals surface area contributed by atoms with Crippen molar-refractivity contribution in [2.24, 2.45) is 0 Å². The van der Waals surface area contributed by atoms with Crippen LogP contribution in [0.4, 0.5) is 11.4 Å². The number of carboxylic acid groups (broad SMARTS) is 1. The van der Waals surface area contributed by atoms with E-state index in [1.165, 1.54) is 44.2 Å².